The van der Waals surface area contributed by atoms with Gasteiger partial charge in [-0.15, -0.1) is 0 Å². The second-order valence-electron chi connectivity index (χ2n) is 5.63. The molecule has 1 heterocycles. The fourth-order valence-corrected chi connectivity index (χ4v) is 3.23. The number of anilines is 1. The fourth-order valence-electron chi connectivity index (χ4n) is 2.35. The Bertz CT molecular complexity index is 809. The summed E-state index contributed by atoms with van der Waals surface area (Å²) in [6.07, 6.45) is 0.926. The molecule has 1 aromatic heterocycles. The molecule has 0 spiro atoms. The molecule has 1 N–H and O–H groups in total. The predicted octanol–water partition coefficient (Wildman–Crippen LogP) is 4.17. The zero-order chi connectivity index (χ0) is 17.7. The van der Waals surface area contributed by atoms with E-state index < -0.39 is 0 Å². The van der Waals surface area contributed by atoms with Crippen LogP contribution in [0.2, 0.25) is 0 Å². The average molecular weight is 339 g/mol. The predicted molar refractivity (Wildman–Crippen MR) is 98.3 cm³/mol. The van der Waals surface area contributed by atoms with Crippen LogP contribution in [-0.4, -0.2) is 16.6 Å². The van der Waals surface area contributed by atoms with Gasteiger partial charge in [-0.2, -0.15) is 5.26 Å². The standard InChI is InChI=1S/C19H21N3OS/c1-5-15-7-6-8-16(9-15)22-18(23)11-24-19-17(10-20)13(3)12(2)14(4)21-19/h6-9H,5,11H2,1-4H3,(H,22,23). The quantitative estimate of drug-likeness (QED) is 0.830. The topological polar surface area (TPSA) is 65.8 Å². The molecule has 1 aromatic carbocycles. The number of nitriles is 1. The van der Waals surface area contributed by atoms with Crippen molar-refractivity contribution in [3.05, 3.63) is 52.2 Å². The lowest BCUT2D eigenvalue weighted by molar-refractivity contribution is -0.113. The number of nitrogens with one attached hydrogen (secondary N) is 1. The Hall–Kier alpha value is -2.32. The van der Waals surface area contributed by atoms with Gasteiger partial charge in [0.15, 0.2) is 0 Å². The second kappa shape index (κ2) is 7.98. The lowest BCUT2D eigenvalue weighted by Gasteiger charge is -2.11. The first-order valence-corrected chi connectivity index (χ1v) is 8.84. The smallest absolute Gasteiger partial charge is 0.234 e. The number of carbonyl (C=O) groups is 1. The number of carbonyl (C=O) groups excluding carboxylic acids is 1. The molecule has 124 valence electrons. The minimum Gasteiger partial charge on any atom is -0.325 e. The molecule has 0 unspecified atom stereocenters. The Balaban J connectivity index is 2.08. The van der Waals surface area contributed by atoms with Gasteiger partial charge in [0.1, 0.15) is 11.1 Å². The zero-order valence-electron chi connectivity index (χ0n) is 14.4. The minimum absolute atomic E-state index is 0.102. The third-order valence-electron chi connectivity index (χ3n) is 4.03. The van der Waals surface area contributed by atoms with Crippen LogP contribution in [-0.2, 0) is 11.2 Å². The van der Waals surface area contributed by atoms with Gasteiger partial charge < -0.3 is 5.32 Å². The summed E-state index contributed by atoms with van der Waals surface area (Å²) in [7, 11) is 0. The number of aromatic nitrogens is 1. The lowest BCUT2D eigenvalue weighted by Crippen LogP contribution is -2.14. The monoisotopic (exact) mass is 339 g/mol. The molecule has 0 atom stereocenters. The Morgan fingerprint density at radius 2 is 2.04 bits per heavy atom. The molecule has 0 fully saturated rings. The van der Waals surface area contributed by atoms with E-state index in [1.54, 1.807) is 0 Å². The van der Waals surface area contributed by atoms with E-state index in [0.29, 0.717) is 10.6 Å². The van der Waals surface area contributed by atoms with E-state index in [4.69, 9.17) is 0 Å². The highest BCUT2D eigenvalue weighted by molar-refractivity contribution is 8.00. The summed E-state index contributed by atoms with van der Waals surface area (Å²) in [6, 6.07) is 10.0. The third kappa shape index (κ3) is 4.15. The molecule has 0 saturated carbocycles. The van der Waals surface area contributed by atoms with E-state index in [1.807, 2.05) is 45.0 Å². The van der Waals surface area contributed by atoms with Crippen LogP contribution in [0.1, 0.15) is 34.9 Å². The van der Waals surface area contributed by atoms with Gasteiger partial charge >= 0.3 is 0 Å². The number of nitrogens with zero attached hydrogens (tertiary/aromatic N) is 2. The summed E-state index contributed by atoms with van der Waals surface area (Å²) in [5.41, 5.74) is 5.39. The number of benzene rings is 1. The third-order valence-corrected chi connectivity index (χ3v) is 5.01. The van der Waals surface area contributed by atoms with Crippen LogP contribution in [0.4, 0.5) is 5.69 Å². The fraction of sp³-hybridized carbons (Fsp3) is 0.316. The number of rotatable bonds is 5. The number of aryl methyl sites for hydroxylation is 2. The van der Waals surface area contributed by atoms with Gasteiger partial charge in [-0.05, 0) is 56.0 Å². The average Bonchev–Trinajstić information content (AvgIpc) is 2.58. The Morgan fingerprint density at radius 1 is 1.29 bits per heavy atom. The number of hydrogen-bond donors (Lipinski definition) is 1. The van der Waals surface area contributed by atoms with Gasteiger partial charge in [-0.25, -0.2) is 4.98 Å². The molecule has 0 aliphatic carbocycles. The van der Waals surface area contributed by atoms with Crippen LogP contribution in [0.5, 0.6) is 0 Å². The van der Waals surface area contributed by atoms with Gasteiger partial charge in [0, 0.05) is 11.4 Å². The zero-order valence-corrected chi connectivity index (χ0v) is 15.3. The maximum atomic E-state index is 12.2. The SMILES string of the molecule is CCc1cccc(NC(=O)CSc2nc(C)c(C)c(C)c2C#N)c1. The molecular weight excluding hydrogens is 318 g/mol. The van der Waals surface area contributed by atoms with Crippen molar-refractivity contribution >= 4 is 23.4 Å². The summed E-state index contributed by atoms with van der Waals surface area (Å²) in [4.78, 5) is 16.7. The molecule has 0 saturated heterocycles. The highest BCUT2D eigenvalue weighted by Crippen LogP contribution is 2.26. The summed E-state index contributed by atoms with van der Waals surface area (Å²) >= 11 is 1.30. The summed E-state index contributed by atoms with van der Waals surface area (Å²) < 4.78 is 0. The Labute approximate surface area is 147 Å². The summed E-state index contributed by atoms with van der Waals surface area (Å²) in [6.45, 7) is 7.88. The van der Waals surface area contributed by atoms with E-state index in [0.717, 1.165) is 28.9 Å². The summed E-state index contributed by atoms with van der Waals surface area (Å²) in [5, 5.41) is 12.9. The lowest BCUT2D eigenvalue weighted by atomic mass is 10.1. The van der Waals surface area contributed by atoms with Crippen molar-refractivity contribution in [2.45, 2.75) is 39.1 Å². The van der Waals surface area contributed by atoms with E-state index in [-0.39, 0.29) is 11.7 Å². The molecular formula is C19H21N3OS. The molecule has 24 heavy (non-hydrogen) atoms. The molecule has 0 bridgehead atoms. The molecule has 0 radical (unpaired) electrons. The van der Waals surface area contributed by atoms with Crippen molar-refractivity contribution in [1.29, 1.82) is 5.26 Å². The van der Waals surface area contributed by atoms with Crippen LogP contribution in [0, 0.1) is 32.1 Å². The number of pyridine rings is 1. The molecule has 0 aliphatic rings. The first-order chi connectivity index (χ1) is 11.5. The van der Waals surface area contributed by atoms with Crippen molar-refractivity contribution in [2.24, 2.45) is 0 Å². The van der Waals surface area contributed by atoms with Crippen molar-refractivity contribution in [3.8, 4) is 6.07 Å². The molecule has 1 amide bonds. The maximum Gasteiger partial charge on any atom is 0.234 e. The van der Waals surface area contributed by atoms with E-state index in [1.165, 1.54) is 17.3 Å². The number of amides is 1. The van der Waals surface area contributed by atoms with Crippen LogP contribution >= 0.6 is 11.8 Å². The van der Waals surface area contributed by atoms with E-state index in [2.05, 4.69) is 23.3 Å². The van der Waals surface area contributed by atoms with Crippen molar-refractivity contribution in [1.82, 2.24) is 4.98 Å². The van der Waals surface area contributed by atoms with Crippen LogP contribution in [0.25, 0.3) is 0 Å². The highest BCUT2D eigenvalue weighted by atomic mass is 32.2. The van der Waals surface area contributed by atoms with Crippen molar-refractivity contribution in [3.63, 3.8) is 0 Å². The molecule has 4 nitrogen and oxygen atoms in total. The van der Waals surface area contributed by atoms with Gasteiger partial charge in [0.25, 0.3) is 0 Å². The highest BCUT2D eigenvalue weighted by Gasteiger charge is 2.14. The number of thioether (sulfide) groups is 1. The van der Waals surface area contributed by atoms with Gasteiger partial charge in [0.05, 0.1) is 11.3 Å². The summed E-state index contributed by atoms with van der Waals surface area (Å²) in [5.74, 6) is 0.120. The van der Waals surface area contributed by atoms with Gasteiger partial charge in [-0.3, -0.25) is 4.79 Å². The van der Waals surface area contributed by atoms with Crippen molar-refractivity contribution in [2.75, 3.05) is 11.1 Å². The molecule has 2 rings (SSSR count). The normalized spacial score (nSPS) is 10.3. The van der Waals surface area contributed by atoms with Crippen LogP contribution < -0.4 is 5.32 Å². The molecule has 5 heteroatoms. The molecule has 0 aliphatic heterocycles. The van der Waals surface area contributed by atoms with E-state index >= 15 is 0 Å². The molecule has 2 aromatic rings. The van der Waals surface area contributed by atoms with Gasteiger partial charge in [0.2, 0.25) is 5.91 Å². The maximum absolute atomic E-state index is 12.2. The first kappa shape index (κ1) is 18.0. The van der Waals surface area contributed by atoms with Crippen molar-refractivity contribution < 1.29 is 4.79 Å². The Kier molecular flexibility index (Phi) is 5.99. The first-order valence-electron chi connectivity index (χ1n) is 7.85. The number of hydrogen-bond acceptors (Lipinski definition) is 4. The van der Waals surface area contributed by atoms with Crippen LogP contribution in [0.15, 0.2) is 29.3 Å². The van der Waals surface area contributed by atoms with Crippen LogP contribution in [0.3, 0.4) is 0 Å². The largest absolute Gasteiger partial charge is 0.325 e. The minimum atomic E-state index is -0.102. The Morgan fingerprint density at radius 3 is 2.71 bits per heavy atom. The van der Waals surface area contributed by atoms with Gasteiger partial charge in [-0.1, -0.05) is 30.8 Å². The van der Waals surface area contributed by atoms with E-state index in [9.17, 15) is 10.1 Å². The second-order valence-corrected chi connectivity index (χ2v) is 6.59.